The van der Waals surface area contributed by atoms with Gasteiger partial charge in [-0.2, -0.15) is 0 Å². The molecule has 0 bridgehead atoms. The summed E-state index contributed by atoms with van der Waals surface area (Å²) in [5.41, 5.74) is 0.664. The minimum absolute atomic E-state index is 0.410. The Morgan fingerprint density at radius 3 is 2.50 bits per heavy atom. The number of benzene rings is 1. The second-order valence-corrected chi connectivity index (χ2v) is 5.35. The fourth-order valence-corrected chi connectivity index (χ4v) is 2.83. The number of hydrogen-bond acceptors (Lipinski definition) is 1. The molecule has 0 amide bonds. The molecule has 1 aliphatic carbocycles. The number of hydrogen-bond donors (Lipinski definition) is 1. The van der Waals surface area contributed by atoms with Crippen LogP contribution in [0.2, 0.25) is 0 Å². The maximum Gasteiger partial charge on any atom is 0.159 e. The first kappa shape index (κ1) is 13.5. The van der Waals surface area contributed by atoms with Gasteiger partial charge < -0.3 is 5.11 Å². The number of aliphatic hydroxyl groups excluding tert-OH is 1. The minimum Gasteiger partial charge on any atom is -0.393 e. The Morgan fingerprint density at radius 1 is 1.11 bits per heavy atom. The molecular weight excluding hydrogens is 234 g/mol. The first-order valence-electron chi connectivity index (χ1n) is 6.77. The highest BCUT2D eigenvalue weighted by Crippen LogP contribution is 2.28. The molecule has 2 rings (SSSR count). The Hall–Kier alpha value is -0.960. The molecule has 0 heterocycles. The van der Waals surface area contributed by atoms with Gasteiger partial charge in [0.25, 0.3) is 0 Å². The molecule has 1 aliphatic rings. The van der Waals surface area contributed by atoms with E-state index in [0.29, 0.717) is 17.9 Å². The molecule has 1 aromatic carbocycles. The summed E-state index contributed by atoms with van der Waals surface area (Å²) in [5, 5.41) is 10.00. The predicted molar refractivity (Wildman–Crippen MR) is 67.3 cm³/mol. The molecule has 100 valence electrons. The summed E-state index contributed by atoms with van der Waals surface area (Å²) in [7, 11) is 0. The third-order valence-corrected chi connectivity index (χ3v) is 3.79. The molecular formula is C15H20F2O. The van der Waals surface area contributed by atoms with Gasteiger partial charge in [0.1, 0.15) is 0 Å². The molecule has 1 unspecified atom stereocenters. The Labute approximate surface area is 107 Å². The molecule has 1 aromatic rings. The summed E-state index contributed by atoms with van der Waals surface area (Å²) in [6.45, 7) is 0. The van der Waals surface area contributed by atoms with Gasteiger partial charge in [0.15, 0.2) is 11.6 Å². The van der Waals surface area contributed by atoms with Crippen molar-refractivity contribution in [3.05, 3.63) is 35.4 Å². The number of halogens is 2. The van der Waals surface area contributed by atoms with Crippen LogP contribution in [0.5, 0.6) is 0 Å². The fourth-order valence-electron chi connectivity index (χ4n) is 2.83. The van der Waals surface area contributed by atoms with Gasteiger partial charge in [-0.25, -0.2) is 8.78 Å². The molecule has 0 aliphatic heterocycles. The van der Waals surface area contributed by atoms with Gasteiger partial charge in [0, 0.05) is 0 Å². The maximum absolute atomic E-state index is 13.0. The Morgan fingerprint density at radius 2 is 1.83 bits per heavy atom. The lowest BCUT2D eigenvalue weighted by Crippen LogP contribution is -2.18. The Bertz CT molecular complexity index is 386. The van der Waals surface area contributed by atoms with E-state index in [4.69, 9.17) is 0 Å². The minimum atomic E-state index is -0.836. The lowest BCUT2D eigenvalue weighted by Gasteiger charge is -2.24. The van der Waals surface area contributed by atoms with Crippen LogP contribution in [0.1, 0.15) is 44.1 Å². The monoisotopic (exact) mass is 254 g/mol. The van der Waals surface area contributed by atoms with E-state index in [9.17, 15) is 13.9 Å². The van der Waals surface area contributed by atoms with Crippen molar-refractivity contribution in [2.45, 2.75) is 51.0 Å². The quantitative estimate of drug-likeness (QED) is 0.865. The van der Waals surface area contributed by atoms with Gasteiger partial charge in [-0.05, 0) is 36.5 Å². The third kappa shape index (κ3) is 3.77. The molecule has 3 heteroatoms. The smallest absolute Gasteiger partial charge is 0.159 e. The van der Waals surface area contributed by atoms with Crippen molar-refractivity contribution >= 4 is 0 Å². The van der Waals surface area contributed by atoms with E-state index < -0.39 is 17.7 Å². The van der Waals surface area contributed by atoms with Crippen LogP contribution in [0.3, 0.4) is 0 Å². The zero-order chi connectivity index (χ0) is 13.0. The van der Waals surface area contributed by atoms with Crippen LogP contribution in [-0.4, -0.2) is 11.2 Å². The summed E-state index contributed by atoms with van der Waals surface area (Å²) in [6, 6.07) is 3.85. The lowest BCUT2D eigenvalue weighted by molar-refractivity contribution is 0.130. The van der Waals surface area contributed by atoms with Crippen LogP contribution in [0.15, 0.2) is 18.2 Å². The zero-order valence-electron chi connectivity index (χ0n) is 10.5. The summed E-state index contributed by atoms with van der Waals surface area (Å²) >= 11 is 0. The van der Waals surface area contributed by atoms with Crippen molar-refractivity contribution in [2.24, 2.45) is 5.92 Å². The molecule has 1 saturated carbocycles. The van der Waals surface area contributed by atoms with Crippen molar-refractivity contribution in [1.29, 1.82) is 0 Å². The van der Waals surface area contributed by atoms with Gasteiger partial charge in [0.05, 0.1) is 6.10 Å². The van der Waals surface area contributed by atoms with Crippen LogP contribution in [-0.2, 0) is 6.42 Å². The van der Waals surface area contributed by atoms with Gasteiger partial charge in [-0.3, -0.25) is 0 Å². The highest BCUT2D eigenvalue weighted by atomic mass is 19.2. The average molecular weight is 254 g/mol. The normalized spacial score (nSPS) is 18.8. The van der Waals surface area contributed by atoms with Gasteiger partial charge in [-0.1, -0.05) is 38.2 Å². The topological polar surface area (TPSA) is 20.2 Å². The highest BCUT2D eigenvalue weighted by Gasteiger charge is 2.18. The molecule has 18 heavy (non-hydrogen) atoms. The molecule has 0 saturated heterocycles. The first-order valence-corrected chi connectivity index (χ1v) is 6.77. The standard InChI is InChI=1S/C15H20F2O/c16-14-7-6-12(10-15(14)17)9-13(18)8-11-4-2-1-3-5-11/h6-7,10-11,13,18H,1-5,8-9H2. The zero-order valence-corrected chi connectivity index (χ0v) is 10.5. The van der Waals surface area contributed by atoms with Crippen LogP contribution in [0.25, 0.3) is 0 Å². The van der Waals surface area contributed by atoms with Crippen LogP contribution in [0, 0.1) is 17.6 Å². The lowest BCUT2D eigenvalue weighted by atomic mass is 9.84. The summed E-state index contributed by atoms with van der Waals surface area (Å²) < 4.78 is 25.8. The van der Waals surface area contributed by atoms with E-state index in [1.54, 1.807) is 6.07 Å². The van der Waals surface area contributed by atoms with Crippen molar-refractivity contribution in [3.63, 3.8) is 0 Å². The van der Waals surface area contributed by atoms with Gasteiger partial charge in [0.2, 0.25) is 0 Å². The Balaban J connectivity index is 1.85. The number of rotatable bonds is 4. The molecule has 0 radical (unpaired) electrons. The summed E-state index contributed by atoms with van der Waals surface area (Å²) in [4.78, 5) is 0. The second-order valence-electron chi connectivity index (χ2n) is 5.35. The van der Waals surface area contributed by atoms with Crippen molar-refractivity contribution < 1.29 is 13.9 Å². The number of aliphatic hydroxyl groups is 1. The summed E-state index contributed by atoms with van der Waals surface area (Å²) in [6.07, 6.45) is 6.93. The fraction of sp³-hybridized carbons (Fsp3) is 0.600. The molecule has 1 nitrogen and oxygen atoms in total. The second kappa shape index (κ2) is 6.28. The van der Waals surface area contributed by atoms with E-state index in [0.717, 1.165) is 12.5 Å². The van der Waals surface area contributed by atoms with Gasteiger partial charge >= 0.3 is 0 Å². The van der Waals surface area contributed by atoms with Crippen LogP contribution >= 0.6 is 0 Å². The molecule has 0 spiro atoms. The van der Waals surface area contributed by atoms with E-state index in [1.165, 1.54) is 38.2 Å². The predicted octanol–water partition coefficient (Wildman–Crippen LogP) is 3.84. The van der Waals surface area contributed by atoms with Crippen LogP contribution < -0.4 is 0 Å². The molecule has 1 N–H and O–H groups in total. The van der Waals surface area contributed by atoms with E-state index >= 15 is 0 Å². The van der Waals surface area contributed by atoms with E-state index in [1.807, 2.05) is 0 Å². The van der Waals surface area contributed by atoms with E-state index in [-0.39, 0.29) is 0 Å². The van der Waals surface area contributed by atoms with Gasteiger partial charge in [-0.15, -0.1) is 0 Å². The SMILES string of the molecule is OC(Cc1ccc(F)c(F)c1)CC1CCCCC1. The molecule has 0 aromatic heterocycles. The highest BCUT2D eigenvalue weighted by molar-refractivity contribution is 5.18. The van der Waals surface area contributed by atoms with E-state index in [2.05, 4.69) is 0 Å². The maximum atomic E-state index is 13.0. The average Bonchev–Trinajstić information content (AvgIpc) is 2.35. The van der Waals surface area contributed by atoms with Crippen LogP contribution in [0.4, 0.5) is 8.78 Å². The third-order valence-electron chi connectivity index (χ3n) is 3.79. The van der Waals surface area contributed by atoms with Crippen molar-refractivity contribution in [1.82, 2.24) is 0 Å². The first-order chi connectivity index (χ1) is 8.65. The van der Waals surface area contributed by atoms with Crippen molar-refractivity contribution in [3.8, 4) is 0 Å². The van der Waals surface area contributed by atoms with Crippen molar-refractivity contribution in [2.75, 3.05) is 0 Å². The largest absolute Gasteiger partial charge is 0.393 e. The summed E-state index contributed by atoms with van der Waals surface area (Å²) in [5.74, 6) is -1.07. The molecule has 1 atom stereocenters. The Kier molecular flexibility index (Phi) is 4.70. The molecule has 1 fully saturated rings.